The first-order valence-corrected chi connectivity index (χ1v) is 7.20. The van der Waals surface area contributed by atoms with Gasteiger partial charge in [-0.1, -0.05) is 20.8 Å². The number of nitrogens with one attached hydrogen (secondary N) is 2. The SMILES string of the molecule is CC(C)CNC(=O)CNC(=O)C1CCC(N)CC1C. The van der Waals surface area contributed by atoms with E-state index in [1.165, 1.54) is 0 Å². The van der Waals surface area contributed by atoms with Gasteiger partial charge in [0.05, 0.1) is 6.54 Å². The molecule has 3 atom stereocenters. The highest BCUT2D eigenvalue weighted by molar-refractivity contribution is 5.85. The van der Waals surface area contributed by atoms with Crippen LogP contribution in [-0.2, 0) is 9.59 Å². The molecule has 5 nitrogen and oxygen atoms in total. The van der Waals surface area contributed by atoms with E-state index < -0.39 is 0 Å². The van der Waals surface area contributed by atoms with Gasteiger partial charge >= 0.3 is 0 Å². The van der Waals surface area contributed by atoms with Crippen LogP contribution in [0.15, 0.2) is 0 Å². The normalized spacial score (nSPS) is 27.1. The van der Waals surface area contributed by atoms with Crippen molar-refractivity contribution in [3.05, 3.63) is 0 Å². The lowest BCUT2D eigenvalue weighted by molar-refractivity contribution is -0.130. The van der Waals surface area contributed by atoms with Crippen LogP contribution in [0.3, 0.4) is 0 Å². The molecule has 1 saturated carbocycles. The maximum atomic E-state index is 12.0. The van der Waals surface area contributed by atoms with Crippen LogP contribution in [0.2, 0.25) is 0 Å². The fourth-order valence-electron chi connectivity index (χ4n) is 2.51. The summed E-state index contributed by atoms with van der Waals surface area (Å²) in [5.41, 5.74) is 5.88. The molecule has 0 spiro atoms. The molecule has 1 aliphatic rings. The van der Waals surface area contributed by atoms with E-state index >= 15 is 0 Å². The Labute approximate surface area is 115 Å². The molecule has 1 fully saturated rings. The molecule has 0 aromatic heterocycles. The van der Waals surface area contributed by atoms with E-state index in [-0.39, 0.29) is 30.3 Å². The number of hydrogen-bond donors (Lipinski definition) is 3. The van der Waals surface area contributed by atoms with Gasteiger partial charge in [-0.05, 0) is 31.1 Å². The molecule has 3 unspecified atom stereocenters. The lowest BCUT2D eigenvalue weighted by Gasteiger charge is -2.31. The highest BCUT2D eigenvalue weighted by Crippen LogP contribution is 2.28. The lowest BCUT2D eigenvalue weighted by Crippen LogP contribution is -2.44. The highest BCUT2D eigenvalue weighted by Gasteiger charge is 2.30. The van der Waals surface area contributed by atoms with Crippen molar-refractivity contribution in [1.82, 2.24) is 10.6 Å². The van der Waals surface area contributed by atoms with Gasteiger partial charge in [-0.25, -0.2) is 0 Å². The summed E-state index contributed by atoms with van der Waals surface area (Å²) in [5.74, 6) is 0.570. The summed E-state index contributed by atoms with van der Waals surface area (Å²) in [4.78, 5) is 23.5. The molecular formula is C14H27N3O2. The van der Waals surface area contributed by atoms with Gasteiger partial charge in [0, 0.05) is 18.5 Å². The van der Waals surface area contributed by atoms with Crippen molar-refractivity contribution in [2.45, 2.75) is 46.1 Å². The Hall–Kier alpha value is -1.10. The second-order valence-electron chi connectivity index (χ2n) is 6.07. The van der Waals surface area contributed by atoms with Crippen molar-refractivity contribution >= 4 is 11.8 Å². The number of carbonyl (C=O) groups is 2. The summed E-state index contributed by atoms with van der Waals surface area (Å²) in [6, 6.07) is 0.216. The van der Waals surface area contributed by atoms with Gasteiger partial charge < -0.3 is 16.4 Å². The minimum Gasteiger partial charge on any atom is -0.354 e. The van der Waals surface area contributed by atoms with E-state index in [1.807, 2.05) is 13.8 Å². The van der Waals surface area contributed by atoms with Crippen molar-refractivity contribution in [2.75, 3.05) is 13.1 Å². The minimum atomic E-state index is -0.123. The van der Waals surface area contributed by atoms with Crippen LogP contribution in [0.25, 0.3) is 0 Å². The molecule has 19 heavy (non-hydrogen) atoms. The third-order valence-corrected chi connectivity index (χ3v) is 3.68. The Morgan fingerprint density at radius 1 is 1.26 bits per heavy atom. The van der Waals surface area contributed by atoms with Crippen molar-refractivity contribution in [3.8, 4) is 0 Å². The van der Waals surface area contributed by atoms with Gasteiger partial charge in [0.1, 0.15) is 0 Å². The molecule has 1 aliphatic carbocycles. The van der Waals surface area contributed by atoms with Gasteiger partial charge in [-0.3, -0.25) is 9.59 Å². The number of carbonyl (C=O) groups excluding carboxylic acids is 2. The molecule has 0 radical (unpaired) electrons. The second kappa shape index (κ2) is 7.48. The third kappa shape index (κ3) is 5.59. The average molecular weight is 269 g/mol. The number of rotatable bonds is 5. The van der Waals surface area contributed by atoms with E-state index in [4.69, 9.17) is 5.73 Å². The van der Waals surface area contributed by atoms with Gasteiger partial charge in [0.2, 0.25) is 11.8 Å². The predicted octanol–water partition coefficient (Wildman–Crippen LogP) is 0.638. The molecule has 4 N–H and O–H groups in total. The van der Waals surface area contributed by atoms with Gasteiger partial charge in [-0.2, -0.15) is 0 Å². The van der Waals surface area contributed by atoms with Crippen LogP contribution in [-0.4, -0.2) is 30.9 Å². The standard InChI is InChI=1S/C14H27N3O2/c1-9(2)7-16-13(18)8-17-14(19)12-5-4-11(15)6-10(12)3/h9-12H,4-8,15H2,1-3H3,(H,16,18)(H,17,19). The molecule has 1 rings (SSSR count). The van der Waals surface area contributed by atoms with E-state index in [0.717, 1.165) is 19.3 Å². The van der Waals surface area contributed by atoms with Gasteiger partial charge in [0.25, 0.3) is 0 Å². The molecule has 110 valence electrons. The zero-order valence-electron chi connectivity index (χ0n) is 12.2. The molecule has 0 aromatic carbocycles. The van der Waals surface area contributed by atoms with Crippen LogP contribution in [0, 0.1) is 17.8 Å². The Bertz CT molecular complexity index is 318. The lowest BCUT2D eigenvalue weighted by atomic mass is 9.78. The smallest absolute Gasteiger partial charge is 0.239 e. The Morgan fingerprint density at radius 2 is 1.95 bits per heavy atom. The van der Waals surface area contributed by atoms with Crippen LogP contribution in [0.4, 0.5) is 0 Å². The molecule has 0 bridgehead atoms. The number of hydrogen-bond acceptors (Lipinski definition) is 3. The largest absolute Gasteiger partial charge is 0.354 e. The van der Waals surface area contributed by atoms with E-state index in [2.05, 4.69) is 17.6 Å². The maximum Gasteiger partial charge on any atom is 0.239 e. The van der Waals surface area contributed by atoms with Crippen LogP contribution in [0.5, 0.6) is 0 Å². The Kier molecular flexibility index (Phi) is 6.28. The fraction of sp³-hybridized carbons (Fsp3) is 0.857. The summed E-state index contributed by atoms with van der Waals surface area (Å²) in [7, 11) is 0. The predicted molar refractivity (Wildman–Crippen MR) is 75.3 cm³/mol. The van der Waals surface area contributed by atoms with Gasteiger partial charge in [0.15, 0.2) is 0 Å². The monoisotopic (exact) mass is 269 g/mol. The summed E-state index contributed by atoms with van der Waals surface area (Å²) in [5, 5.41) is 5.51. The summed E-state index contributed by atoms with van der Waals surface area (Å²) in [6.45, 7) is 6.84. The zero-order chi connectivity index (χ0) is 14.4. The highest BCUT2D eigenvalue weighted by atomic mass is 16.2. The number of nitrogens with two attached hydrogens (primary N) is 1. The Morgan fingerprint density at radius 3 is 2.53 bits per heavy atom. The fourth-order valence-corrected chi connectivity index (χ4v) is 2.51. The first kappa shape index (κ1) is 16.0. The third-order valence-electron chi connectivity index (χ3n) is 3.68. The first-order valence-electron chi connectivity index (χ1n) is 7.20. The van der Waals surface area contributed by atoms with E-state index in [9.17, 15) is 9.59 Å². The van der Waals surface area contributed by atoms with Crippen molar-refractivity contribution in [2.24, 2.45) is 23.5 Å². The molecule has 0 heterocycles. The van der Waals surface area contributed by atoms with E-state index in [0.29, 0.717) is 18.4 Å². The molecular weight excluding hydrogens is 242 g/mol. The van der Waals surface area contributed by atoms with Crippen molar-refractivity contribution < 1.29 is 9.59 Å². The summed E-state index contributed by atoms with van der Waals surface area (Å²) < 4.78 is 0. The van der Waals surface area contributed by atoms with Crippen molar-refractivity contribution in [1.29, 1.82) is 0 Å². The van der Waals surface area contributed by atoms with E-state index in [1.54, 1.807) is 0 Å². The summed E-state index contributed by atoms with van der Waals surface area (Å²) >= 11 is 0. The zero-order valence-corrected chi connectivity index (χ0v) is 12.2. The number of amides is 2. The van der Waals surface area contributed by atoms with Crippen molar-refractivity contribution in [3.63, 3.8) is 0 Å². The summed E-state index contributed by atoms with van der Waals surface area (Å²) in [6.07, 6.45) is 2.60. The average Bonchev–Trinajstić information content (AvgIpc) is 2.33. The molecule has 2 amide bonds. The quantitative estimate of drug-likeness (QED) is 0.684. The second-order valence-corrected chi connectivity index (χ2v) is 6.07. The van der Waals surface area contributed by atoms with Crippen LogP contribution in [0.1, 0.15) is 40.0 Å². The topological polar surface area (TPSA) is 84.2 Å². The minimum absolute atomic E-state index is 0.00213. The molecule has 5 heteroatoms. The van der Waals surface area contributed by atoms with Crippen LogP contribution < -0.4 is 16.4 Å². The first-order chi connectivity index (χ1) is 8.90. The maximum absolute atomic E-state index is 12.0. The Balaban J connectivity index is 2.29. The molecule has 0 aliphatic heterocycles. The molecule has 0 aromatic rings. The van der Waals surface area contributed by atoms with Gasteiger partial charge in [-0.15, -0.1) is 0 Å². The molecule has 0 saturated heterocycles. The van der Waals surface area contributed by atoms with Crippen LogP contribution >= 0.6 is 0 Å².